The Labute approximate surface area is 117 Å². The van der Waals surface area contributed by atoms with E-state index >= 15 is 0 Å². The van der Waals surface area contributed by atoms with E-state index < -0.39 is 23.5 Å². The van der Waals surface area contributed by atoms with E-state index in [1.807, 2.05) is 5.32 Å². The smallest absolute Gasteiger partial charge is 0.366 e. The maximum atomic E-state index is 12.6. The maximum absolute atomic E-state index is 12.6. The summed E-state index contributed by atoms with van der Waals surface area (Å²) in [6.07, 6.45) is -4.92. The van der Waals surface area contributed by atoms with Crippen LogP contribution in [-0.2, 0) is 4.79 Å². The number of alkyl halides is 3. The van der Waals surface area contributed by atoms with Crippen molar-refractivity contribution in [3.8, 4) is 0 Å². The summed E-state index contributed by atoms with van der Waals surface area (Å²) in [5.41, 5.74) is 6.71. The second kappa shape index (κ2) is 5.29. The van der Waals surface area contributed by atoms with E-state index in [0.717, 1.165) is 6.07 Å². The number of amides is 2. The Balaban J connectivity index is 3.03. The molecule has 0 bridgehead atoms. The number of benzene rings is 1. The van der Waals surface area contributed by atoms with Crippen molar-refractivity contribution in [1.82, 2.24) is 0 Å². The van der Waals surface area contributed by atoms with Crippen LogP contribution in [0.25, 0.3) is 0 Å². The molecule has 0 radical (unpaired) electrons. The van der Waals surface area contributed by atoms with Crippen molar-refractivity contribution in [3.05, 3.63) is 28.8 Å². The van der Waals surface area contributed by atoms with Crippen molar-refractivity contribution in [2.45, 2.75) is 18.6 Å². The number of nitrogens with two attached hydrogens (primary N) is 2. The molecule has 0 aliphatic heterocycles. The van der Waals surface area contributed by atoms with Gasteiger partial charge in [0.1, 0.15) is 0 Å². The fourth-order valence-corrected chi connectivity index (χ4v) is 1.39. The van der Waals surface area contributed by atoms with Gasteiger partial charge in [0.2, 0.25) is 5.91 Å². The first-order chi connectivity index (χ1) is 8.96. The van der Waals surface area contributed by atoms with Gasteiger partial charge in [-0.1, -0.05) is 11.6 Å². The van der Waals surface area contributed by atoms with Crippen LogP contribution < -0.4 is 16.8 Å². The van der Waals surface area contributed by atoms with Gasteiger partial charge >= 0.3 is 6.18 Å². The summed E-state index contributed by atoms with van der Waals surface area (Å²) in [5, 5.41) is 1.98. The number of nitrogens with one attached hydrogen (secondary N) is 1. The number of rotatable bonds is 3. The maximum Gasteiger partial charge on any atom is 0.415 e. The van der Waals surface area contributed by atoms with Gasteiger partial charge in [0, 0.05) is 5.69 Å². The third-order valence-corrected chi connectivity index (χ3v) is 2.88. The normalized spacial score (nSPS) is 14.5. The molecule has 0 saturated carbocycles. The van der Waals surface area contributed by atoms with Gasteiger partial charge < -0.3 is 16.8 Å². The first-order valence-electron chi connectivity index (χ1n) is 5.23. The summed E-state index contributed by atoms with van der Waals surface area (Å²) >= 11 is 5.67. The van der Waals surface area contributed by atoms with E-state index in [4.69, 9.17) is 23.1 Å². The molecule has 1 aromatic carbocycles. The van der Waals surface area contributed by atoms with E-state index in [1.165, 1.54) is 12.1 Å². The molecule has 0 fully saturated rings. The Morgan fingerprint density at radius 3 is 2.30 bits per heavy atom. The molecule has 1 rings (SSSR count). The van der Waals surface area contributed by atoms with Crippen molar-refractivity contribution >= 4 is 29.1 Å². The lowest BCUT2D eigenvalue weighted by Crippen LogP contribution is -2.59. The zero-order valence-electron chi connectivity index (χ0n) is 10.2. The zero-order chi connectivity index (χ0) is 15.7. The monoisotopic (exact) mass is 309 g/mol. The summed E-state index contributed by atoms with van der Waals surface area (Å²) in [6, 6.07) is 3.51. The van der Waals surface area contributed by atoms with Crippen molar-refractivity contribution in [1.29, 1.82) is 0 Å². The third-order valence-electron chi connectivity index (χ3n) is 2.55. The Hall–Kier alpha value is -1.80. The molecule has 5 nitrogen and oxygen atoms in total. The summed E-state index contributed by atoms with van der Waals surface area (Å²) in [5.74, 6) is -2.35. The second-order valence-corrected chi connectivity index (χ2v) is 4.62. The molecule has 2 amide bonds. The van der Waals surface area contributed by atoms with Gasteiger partial charge in [-0.2, -0.15) is 13.2 Å². The predicted octanol–water partition coefficient (Wildman–Crippen LogP) is 1.66. The van der Waals surface area contributed by atoms with Crippen LogP contribution >= 0.6 is 11.6 Å². The van der Waals surface area contributed by atoms with Crippen LogP contribution in [0.4, 0.5) is 18.9 Å². The molecule has 0 aliphatic rings. The van der Waals surface area contributed by atoms with Gasteiger partial charge in [-0.25, -0.2) is 0 Å². The minimum Gasteiger partial charge on any atom is -0.366 e. The molecule has 110 valence electrons. The van der Waals surface area contributed by atoms with Crippen LogP contribution in [0.3, 0.4) is 0 Å². The zero-order valence-corrected chi connectivity index (χ0v) is 11.0. The number of hydrogen-bond donors (Lipinski definition) is 3. The molecule has 20 heavy (non-hydrogen) atoms. The second-order valence-electron chi connectivity index (χ2n) is 4.21. The fraction of sp³-hybridized carbons (Fsp3) is 0.273. The Kier molecular flexibility index (Phi) is 4.30. The molecule has 9 heteroatoms. The molecule has 1 aromatic rings. The van der Waals surface area contributed by atoms with Crippen molar-refractivity contribution < 1.29 is 22.8 Å². The Bertz CT molecular complexity index is 558. The minimum atomic E-state index is -4.92. The summed E-state index contributed by atoms with van der Waals surface area (Å²) in [7, 11) is 0. The number of carbonyl (C=O) groups excluding carboxylic acids is 2. The molecule has 5 N–H and O–H groups in total. The first-order valence-corrected chi connectivity index (χ1v) is 5.61. The van der Waals surface area contributed by atoms with Crippen LogP contribution in [0, 0.1) is 0 Å². The van der Waals surface area contributed by atoms with E-state index in [0.29, 0.717) is 6.92 Å². The van der Waals surface area contributed by atoms with E-state index in [-0.39, 0.29) is 16.3 Å². The van der Waals surface area contributed by atoms with Gasteiger partial charge in [-0.3, -0.25) is 9.59 Å². The molecule has 0 saturated heterocycles. The quantitative estimate of drug-likeness (QED) is 0.792. The third kappa shape index (κ3) is 3.20. The first kappa shape index (κ1) is 16.3. The van der Waals surface area contributed by atoms with Gasteiger partial charge in [-0.05, 0) is 25.1 Å². The summed E-state index contributed by atoms with van der Waals surface area (Å²) in [4.78, 5) is 22.6. The summed E-state index contributed by atoms with van der Waals surface area (Å²) in [6.45, 7) is 0.535. The van der Waals surface area contributed by atoms with Crippen molar-refractivity contribution in [3.63, 3.8) is 0 Å². The average Bonchev–Trinajstić information content (AvgIpc) is 2.29. The van der Waals surface area contributed by atoms with Crippen LogP contribution in [-0.4, -0.2) is 23.5 Å². The Morgan fingerprint density at radius 2 is 1.85 bits per heavy atom. The molecular formula is C11H11ClF3N3O2. The highest BCUT2D eigenvalue weighted by atomic mass is 35.5. The topological polar surface area (TPSA) is 98.2 Å². The van der Waals surface area contributed by atoms with Gasteiger partial charge in [0.25, 0.3) is 5.91 Å². The highest BCUT2D eigenvalue weighted by Crippen LogP contribution is 2.29. The molecule has 0 aromatic heterocycles. The largest absolute Gasteiger partial charge is 0.415 e. The number of halogens is 4. The number of carbonyl (C=O) groups is 2. The van der Waals surface area contributed by atoms with Crippen LogP contribution in [0.5, 0.6) is 0 Å². The number of anilines is 1. The molecule has 0 heterocycles. The SMILES string of the molecule is CC(N)(C(=O)Nc1ccc(Cl)c(C(N)=O)c1)C(F)(F)F. The van der Waals surface area contributed by atoms with Crippen LogP contribution in [0.15, 0.2) is 18.2 Å². The molecule has 1 unspecified atom stereocenters. The van der Waals surface area contributed by atoms with Gasteiger partial charge in [0.05, 0.1) is 10.6 Å². The lowest BCUT2D eigenvalue weighted by molar-refractivity contribution is -0.184. The van der Waals surface area contributed by atoms with Crippen molar-refractivity contribution in [2.75, 3.05) is 5.32 Å². The molecular weight excluding hydrogens is 299 g/mol. The van der Waals surface area contributed by atoms with E-state index in [1.54, 1.807) is 0 Å². The standard InChI is InChI=1S/C11H11ClF3N3O2/c1-10(17,11(13,14)15)9(20)18-5-2-3-7(12)6(4-5)8(16)19/h2-4H,17H2,1H3,(H2,16,19)(H,18,20). The fourth-order valence-electron chi connectivity index (χ4n) is 1.18. The summed E-state index contributed by atoms with van der Waals surface area (Å²) < 4.78 is 37.7. The van der Waals surface area contributed by atoms with Crippen LogP contribution in [0.2, 0.25) is 5.02 Å². The average molecular weight is 310 g/mol. The van der Waals surface area contributed by atoms with E-state index in [2.05, 4.69) is 0 Å². The minimum absolute atomic E-state index is 0.0156. The highest BCUT2D eigenvalue weighted by Gasteiger charge is 2.53. The van der Waals surface area contributed by atoms with E-state index in [9.17, 15) is 22.8 Å². The van der Waals surface area contributed by atoms with Gasteiger partial charge in [0.15, 0.2) is 5.54 Å². The molecule has 0 spiro atoms. The number of hydrogen-bond acceptors (Lipinski definition) is 3. The van der Waals surface area contributed by atoms with Crippen molar-refractivity contribution in [2.24, 2.45) is 11.5 Å². The predicted molar refractivity (Wildman–Crippen MR) is 67.2 cm³/mol. The molecule has 1 atom stereocenters. The lowest BCUT2D eigenvalue weighted by Gasteiger charge is -2.26. The highest BCUT2D eigenvalue weighted by molar-refractivity contribution is 6.34. The Morgan fingerprint density at radius 1 is 1.30 bits per heavy atom. The van der Waals surface area contributed by atoms with Crippen LogP contribution in [0.1, 0.15) is 17.3 Å². The molecule has 0 aliphatic carbocycles. The number of primary amides is 1. The lowest BCUT2D eigenvalue weighted by atomic mass is 10.0. The van der Waals surface area contributed by atoms with Gasteiger partial charge in [-0.15, -0.1) is 0 Å².